The van der Waals surface area contributed by atoms with E-state index < -0.39 is 0 Å². The molecule has 0 aliphatic heterocycles. The van der Waals surface area contributed by atoms with E-state index in [1.807, 2.05) is 42.6 Å². The molecule has 34 heavy (non-hydrogen) atoms. The summed E-state index contributed by atoms with van der Waals surface area (Å²) < 4.78 is 3.50. The zero-order valence-electron chi connectivity index (χ0n) is 19.8. The van der Waals surface area contributed by atoms with Gasteiger partial charge in [-0.3, -0.25) is 14.1 Å². The second kappa shape index (κ2) is 10.8. The normalized spacial score (nSPS) is 11.4. The van der Waals surface area contributed by atoms with Crippen LogP contribution in [0.25, 0.3) is 22.5 Å². The molecule has 0 fully saturated rings. The maximum absolute atomic E-state index is 13.2. The molecule has 0 saturated heterocycles. The van der Waals surface area contributed by atoms with Gasteiger partial charge in [0.1, 0.15) is 5.15 Å². The van der Waals surface area contributed by atoms with Gasteiger partial charge in [-0.1, -0.05) is 69.1 Å². The van der Waals surface area contributed by atoms with Crippen LogP contribution in [0.3, 0.4) is 0 Å². The second-order valence-corrected chi connectivity index (χ2v) is 9.24. The summed E-state index contributed by atoms with van der Waals surface area (Å²) in [6.07, 6.45) is 5.52. The lowest BCUT2D eigenvalue weighted by Crippen LogP contribution is -2.26. The van der Waals surface area contributed by atoms with Crippen molar-refractivity contribution in [1.82, 2.24) is 34.7 Å². The van der Waals surface area contributed by atoms with Gasteiger partial charge in [-0.05, 0) is 47.2 Å². The number of imidazole rings is 1. The third-order valence-electron chi connectivity index (χ3n) is 5.94. The van der Waals surface area contributed by atoms with Crippen molar-refractivity contribution in [3.8, 4) is 22.5 Å². The fourth-order valence-electron chi connectivity index (χ4n) is 3.99. The summed E-state index contributed by atoms with van der Waals surface area (Å²) in [6.45, 7) is 7.45. The Morgan fingerprint density at radius 2 is 1.88 bits per heavy atom. The molecule has 3 aromatic heterocycles. The van der Waals surface area contributed by atoms with Crippen molar-refractivity contribution in [3.05, 3.63) is 69.6 Å². The first kappa shape index (κ1) is 23.9. The number of aromatic nitrogens is 7. The highest BCUT2D eigenvalue weighted by molar-refractivity contribution is 6.30. The molecule has 9 heteroatoms. The first-order valence-corrected chi connectivity index (χ1v) is 12.1. The van der Waals surface area contributed by atoms with Crippen molar-refractivity contribution >= 4 is 11.6 Å². The SMILES string of the molecule is CCCCc1c(Cl)n(CCC(C)C)c(=O)n1Cc1ccc(-c2ccccc2-c2nnn[nH]2)cn1. The molecule has 0 radical (unpaired) electrons. The average Bonchev–Trinajstić information content (AvgIpc) is 3.45. The monoisotopic (exact) mass is 479 g/mol. The number of hydrogen-bond acceptors (Lipinski definition) is 5. The summed E-state index contributed by atoms with van der Waals surface area (Å²) in [5, 5.41) is 14.8. The van der Waals surface area contributed by atoms with Gasteiger partial charge in [0.2, 0.25) is 0 Å². The summed E-state index contributed by atoms with van der Waals surface area (Å²) in [5.41, 5.74) is 4.46. The molecule has 0 bridgehead atoms. The highest BCUT2D eigenvalue weighted by atomic mass is 35.5. The molecule has 0 amide bonds. The molecular weight excluding hydrogens is 450 g/mol. The number of unbranched alkanes of at least 4 members (excludes halogenated alkanes) is 1. The smallest absolute Gasteiger partial charge is 0.289 e. The Kier molecular flexibility index (Phi) is 7.57. The van der Waals surface area contributed by atoms with E-state index in [1.165, 1.54) is 0 Å². The molecule has 4 rings (SSSR count). The van der Waals surface area contributed by atoms with Crippen molar-refractivity contribution in [2.24, 2.45) is 5.92 Å². The molecule has 0 spiro atoms. The number of nitrogens with zero attached hydrogens (tertiary/aromatic N) is 6. The van der Waals surface area contributed by atoms with Gasteiger partial charge in [0.05, 0.1) is 17.9 Å². The number of benzene rings is 1. The van der Waals surface area contributed by atoms with E-state index in [9.17, 15) is 4.79 Å². The van der Waals surface area contributed by atoms with E-state index in [2.05, 4.69) is 46.4 Å². The van der Waals surface area contributed by atoms with Crippen LogP contribution in [0.15, 0.2) is 47.4 Å². The number of tetrazole rings is 1. The minimum absolute atomic E-state index is 0.0641. The predicted molar refractivity (Wildman–Crippen MR) is 134 cm³/mol. The molecule has 0 saturated carbocycles. The Labute approximate surface area is 204 Å². The number of H-pyrrole nitrogens is 1. The van der Waals surface area contributed by atoms with E-state index >= 15 is 0 Å². The number of nitrogens with one attached hydrogen (secondary N) is 1. The van der Waals surface area contributed by atoms with Gasteiger partial charge in [0.25, 0.3) is 0 Å². The van der Waals surface area contributed by atoms with E-state index in [-0.39, 0.29) is 5.69 Å². The first-order chi connectivity index (χ1) is 16.5. The second-order valence-electron chi connectivity index (χ2n) is 8.88. The fourth-order valence-corrected chi connectivity index (χ4v) is 4.35. The molecule has 3 heterocycles. The van der Waals surface area contributed by atoms with Gasteiger partial charge >= 0.3 is 5.69 Å². The van der Waals surface area contributed by atoms with E-state index in [1.54, 1.807) is 9.13 Å². The quantitative estimate of drug-likeness (QED) is 0.346. The number of halogens is 1. The van der Waals surface area contributed by atoms with Crippen LogP contribution in [0.1, 0.15) is 51.4 Å². The Hall–Kier alpha value is -3.26. The standard InChI is InChI=1S/C25H30ClN7O/c1-4-5-10-22-23(26)32(14-13-17(2)3)25(34)33(22)16-19-12-11-18(15-27-19)20-8-6-7-9-21(20)24-28-30-31-29-24/h6-9,11-12,15,17H,4-5,10,13-14,16H2,1-3H3,(H,28,29,30,31). The van der Waals surface area contributed by atoms with Crippen LogP contribution < -0.4 is 5.69 Å². The lowest BCUT2D eigenvalue weighted by atomic mass is 10.0. The van der Waals surface area contributed by atoms with Crippen LogP contribution in [-0.2, 0) is 19.5 Å². The number of aromatic amines is 1. The zero-order chi connectivity index (χ0) is 24.1. The van der Waals surface area contributed by atoms with Crippen LogP contribution in [-0.4, -0.2) is 34.7 Å². The Balaban J connectivity index is 1.63. The molecule has 1 N–H and O–H groups in total. The van der Waals surface area contributed by atoms with Crippen LogP contribution in [0.4, 0.5) is 0 Å². The number of pyridine rings is 1. The Morgan fingerprint density at radius 3 is 2.53 bits per heavy atom. The topological polar surface area (TPSA) is 94.3 Å². The number of rotatable bonds is 10. The maximum Gasteiger partial charge on any atom is 0.329 e. The molecular formula is C25H30ClN7O. The van der Waals surface area contributed by atoms with E-state index in [0.717, 1.165) is 53.8 Å². The van der Waals surface area contributed by atoms with Crippen molar-refractivity contribution in [3.63, 3.8) is 0 Å². The summed E-state index contributed by atoms with van der Waals surface area (Å²) in [7, 11) is 0. The third kappa shape index (κ3) is 5.12. The Bertz CT molecular complexity index is 1270. The molecule has 0 aliphatic carbocycles. The number of hydrogen-bond donors (Lipinski definition) is 1. The highest BCUT2D eigenvalue weighted by Gasteiger charge is 2.19. The molecule has 178 valence electrons. The van der Waals surface area contributed by atoms with Gasteiger partial charge in [0.15, 0.2) is 5.82 Å². The summed E-state index contributed by atoms with van der Waals surface area (Å²) >= 11 is 6.69. The van der Waals surface area contributed by atoms with Gasteiger partial charge in [-0.15, -0.1) is 5.10 Å². The van der Waals surface area contributed by atoms with Gasteiger partial charge in [0, 0.05) is 23.9 Å². The lowest BCUT2D eigenvalue weighted by Gasteiger charge is -2.09. The molecule has 0 aliphatic rings. The van der Waals surface area contributed by atoms with Crippen LogP contribution >= 0.6 is 11.6 Å². The van der Waals surface area contributed by atoms with Gasteiger partial charge in [-0.2, -0.15) is 0 Å². The zero-order valence-corrected chi connectivity index (χ0v) is 20.6. The summed E-state index contributed by atoms with van der Waals surface area (Å²) in [5.74, 6) is 1.10. The van der Waals surface area contributed by atoms with Gasteiger partial charge < -0.3 is 0 Å². The van der Waals surface area contributed by atoms with E-state index in [0.29, 0.717) is 30.0 Å². The van der Waals surface area contributed by atoms with Crippen molar-refractivity contribution in [2.45, 2.75) is 59.5 Å². The minimum Gasteiger partial charge on any atom is -0.289 e. The van der Waals surface area contributed by atoms with Gasteiger partial charge in [-0.25, -0.2) is 9.89 Å². The largest absolute Gasteiger partial charge is 0.329 e. The predicted octanol–water partition coefficient (Wildman–Crippen LogP) is 4.98. The third-order valence-corrected chi connectivity index (χ3v) is 6.37. The first-order valence-electron chi connectivity index (χ1n) is 11.8. The van der Waals surface area contributed by atoms with Crippen molar-refractivity contribution in [2.75, 3.05) is 0 Å². The van der Waals surface area contributed by atoms with Crippen LogP contribution in [0.2, 0.25) is 5.15 Å². The van der Waals surface area contributed by atoms with Crippen molar-refractivity contribution < 1.29 is 0 Å². The Morgan fingerprint density at radius 1 is 1.09 bits per heavy atom. The van der Waals surface area contributed by atoms with Crippen LogP contribution in [0.5, 0.6) is 0 Å². The minimum atomic E-state index is -0.0641. The molecule has 8 nitrogen and oxygen atoms in total. The maximum atomic E-state index is 13.2. The highest BCUT2D eigenvalue weighted by Crippen LogP contribution is 2.29. The molecule has 0 atom stereocenters. The summed E-state index contributed by atoms with van der Waals surface area (Å²) in [6, 6.07) is 11.9. The average molecular weight is 480 g/mol. The molecule has 0 unspecified atom stereocenters. The van der Waals surface area contributed by atoms with E-state index in [4.69, 9.17) is 11.6 Å². The molecule has 1 aromatic carbocycles. The fraction of sp³-hybridized carbons (Fsp3) is 0.400. The van der Waals surface area contributed by atoms with Crippen molar-refractivity contribution in [1.29, 1.82) is 0 Å². The lowest BCUT2D eigenvalue weighted by molar-refractivity contribution is 0.502. The van der Waals surface area contributed by atoms with Crippen LogP contribution in [0, 0.1) is 5.92 Å². The molecule has 4 aromatic rings. The summed E-state index contributed by atoms with van der Waals surface area (Å²) in [4.78, 5) is 17.9.